The summed E-state index contributed by atoms with van der Waals surface area (Å²) in [5, 5.41) is 0. The highest BCUT2D eigenvalue weighted by atomic mass is 16.5. The van der Waals surface area contributed by atoms with Crippen LogP contribution in [-0.2, 0) is 9.53 Å². The van der Waals surface area contributed by atoms with Crippen molar-refractivity contribution in [1.82, 2.24) is 4.90 Å². The summed E-state index contributed by atoms with van der Waals surface area (Å²) < 4.78 is 4.89. The van der Waals surface area contributed by atoms with Gasteiger partial charge in [-0.25, -0.2) is 0 Å². The van der Waals surface area contributed by atoms with Crippen LogP contribution in [0.4, 0.5) is 0 Å². The second-order valence-electron chi connectivity index (χ2n) is 3.37. The number of ether oxygens (including phenoxy) is 1. The Morgan fingerprint density at radius 2 is 2.07 bits per heavy atom. The molecule has 3 heteroatoms. The summed E-state index contributed by atoms with van der Waals surface area (Å²) in [6, 6.07) is 0. The van der Waals surface area contributed by atoms with Crippen molar-refractivity contribution >= 4 is 5.97 Å². The Balaban J connectivity index is 4.08. The fraction of sp³-hybridized carbons (Fsp3) is 0.583. The van der Waals surface area contributed by atoms with Gasteiger partial charge in [0.15, 0.2) is 0 Å². The van der Waals surface area contributed by atoms with Crippen LogP contribution in [0.2, 0.25) is 0 Å². The molecule has 0 aromatic carbocycles. The third-order valence-electron chi connectivity index (χ3n) is 1.99. The molecular formula is C12H21NO2. The van der Waals surface area contributed by atoms with Gasteiger partial charge in [0, 0.05) is 13.1 Å². The quantitative estimate of drug-likeness (QED) is 0.454. The maximum atomic E-state index is 11.3. The van der Waals surface area contributed by atoms with Crippen molar-refractivity contribution < 1.29 is 9.53 Å². The molecule has 0 saturated heterocycles. The first-order valence-electron chi connectivity index (χ1n) is 5.29. The molecule has 0 saturated carbocycles. The second-order valence-corrected chi connectivity index (χ2v) is 3.37. The SMILES string of the molecule is C=CCN(CC(=C)CC)CC(=O)OCC. The molecule has 0 aliphatic heterocycles. The molecular weight excluding hydrogens is 190 g/mol. The van der Waals surface area contributed by atoms with Gasteiger partial charge in [0.2, 0.25) is 0 Å². The van der Waals surface area contributed by atoms with E-state index in [9.17, 15) is 4.79 Å². The minimum atomic E-state index is -0.191. The zero-order valence-electron chi connectivity index (χ0n) is 9.79. The van der Waals surface area contributed by atoms with E-state index in [0.29, 0.717) is 19.7 Å². The van der Waals surface area contributed by atoms with Gasteiger partial charge in [0.1, 0.15) is 0 Å². The zero-order valence-corrected chi connectivity index (χ0v) is 9.79. The number of nitrogens with zero attached hydrogens (tertiary/aromatic N) is 1. The van der Waals surface area contributed by atoms with Gasteiger partial charge in [-0.15, -0.1) is 6.58 Å². The molecule has 0 amide bonds. The molecule has 0 N–H and O–H groups in total. The van der Waals surface area contributed by atoms with Crippen molar-refractivity contribution in [1.29, 1.82) is 0 Å². The van der Waals surface area contributed by atoms with Gasteiger partial charge >= 0.3 is 5.97 Å². The number of carbonyl (C=O) groups excluding carboxylic acids is 1. The summed E-state index contributed by atoms with van der Waals surface area (Å²) in [7, 11) is 0. The van der Waals surface area contributed by atoms with Gasteiger partial charge < -0.3 is 4.74 Å². The summed E-state index contributed by atoms with van der Waals surface area (Å²) >= 11 is 0. The van der Waals surface area contributed by atoms with Crippen LogP contribution in [0.3, 0.4) is 0 Å². The number of rotatable bonds is 8. The number of carbonyl (C=O) groups is 1. The van der Waals surface area contributed by atoms with Crippen LogP contribution in [0, 0.1) is 0 Å². The molecule has 0 rings (SSSR count). The summed E-state index contributed by atoms with van der Waals surface area (Å²) in [6.07, 6.45) is 2.71. The summed E-state index contributed by atoms with van der Waals surface area (Å²) in [4.78, 5) is 13.2. The van der Waals surface area contributed by atoms with E-state index < -0.39 is 0 Å². The third-order valence-corrected chi connectivity index (χ3v) is 1.99. The first-order chi connectivity index (χ1) is 7.13. The molecule has 0 aromatic rings. The van der Waals surface area contributed by atoms with E-state index in [2.05, 4.69) is 20.1 Å². The lowest BCUT2D eigenvalue weighted by Crippen LogP contribution is -2.32. The minimum absolute atomic E-state index is 0.191. The largest absolute Gasteiger partial charge is 0.465 e. The standard InChI is InChI=1S/C12H21NO2/c1-5-8-13(9-11(4)6-2)10-12(14)15-7-3/h5H,1,4,6-10H2,2-3H3. The Morgan fingerprint density at radius 1 is 1.40 bits per heavy atom. The molecule has 0 aliphatic rings. The lowest BCUT2D eigenvalue weighted by atomic mass is 10.2. The molecule has 0 atom stereocenters. The molecule has 3 nitrogen and oxygen atoms in total. The van der Waals surface area contributed by atoms with E-state index >= 15 is 0 Å². The van der Waals surface area contributed by atoms with Gasteiger partial charge in [0.25, 0.3) is 0 Å². The molecule has 0 bridgehead atoms. The molecule has 0 unspecified atom stereocenters. The monoisotopic (exact) mass is 211 g/mol. The van der Waals surface area contributed by atoms with Crippen molar-refractivity contribution in [3.63, 3.8) is 0 Å². The highest BCUT2D eigenvalue weighted by Gasteiger charge is 2.10. The van der Waals surface area contributed by atoms with Crippen LogP contribution >= 0.6 is 0 Å². The maximum absolute atomic E-state index is 11.3. The highest BCUT2D eigenvalue weighted by molar-refractivity contribution is 5.71. The molecule has 0 spiro atoms. The van der Waals surface area contributed by atoms with Gasteiger partial charge in [-0.1, -0.05) is 25.2 Å². The average molecular weight is 211 g/mol. The van der Waals surface area contributed by atoms with Crippen LogP contribution in [0.1, 0.15) is 20.3 Å². The van der Waals surface area contributed by atoms with E-state index in [1.54, 1.807) is 13.0 Å². The third kappa shape index (κ3) is 6.91. The lowest BCUT2D eigenvalue weighted by Gasteiger charge is -2.20. The Labute approximate surface area is 92.4 Å². The molecule has 15 heavy (non-hydrogen) atoms. The molecule has 0 heterocycles. The molecule has 86 valence electrons. The first kappa shape index (κ1) is 13.9. The molecule has 0 fully saturated rings. The van der Waals surface area contributed by atoms with Gasteiger partial charge in [-0.2, -0.15) is 0 Å². The van der Waals surface area contributed by atoms with Crippen LogP contribution < -0.4 is 0 Å². The van der Waals surface area contributed by atoms with Crippen molar-refractivity contribution in [2.24, 2.45) is 0 Å². The summed E-state index contributed by atoms with van der Waals surface area (Å²) in [5.74, 6) is -0.191. The number of hydrogen-bond donors (Lipinski definition) is 0. The maximum Gasteiger partial charge on any atom is 0.320 e. The van der Waals surface area contributed by atoms with Crippen molar-refractivity contribution in [3.8, 4) is 0 Å². The molecule has 0 radical (unpaired) electrons. The van der Waals surface area contributed by atoms with E-state index in [1.807, 2.05) is 4.90 Å². The fourth-order valence-electron chi connectivity index (χ4n) is 1.18. The molecule has 0 aromatic heterocycles. The van der Waals surface area contributed by atoms with Crippen LogP contribution in [0.5, 0.6) is 0 Å². The van der Waals surface area contributed by atoms with Gasteiger partial charge in [0.05, 0.1) is 13.2 Å². The topological polar surface area (TPSA) is 29.5 Å². The lowest BCUT2D eigenvalue weighted by molar-refractivity contribution is -0.144. The Bertz CT molecular complexity index is 224. The fourth-order valence-corrected chi connectivity index (χ4v) is 1.18. The first-order valence-corrected chi connectivity index (χ1v) is 5.29. The van der Waals surface area contributed by atoms with Gasteiger partial charge in [-0.3, -0.25) is 9.69 Å². The predicted molar refractivity (Wildman–Crippen MR) is 62.7 cm³/mol. The highest BCUT2D eigenvalue weighted by Crippen LogP contribution is 2.01. The molecule has 0 aliphatic carbocycles. The zero-order chi connectivity index (χ0) is 11.7. The Morgan fingerprint density at radius 3 is 2.53 bits per heavy atom. The predicted octanol–water partition coefficient (Wildman–Crippen LogP) is 2.00. The van der Waals surface area contributed by atoms with E-state index in [-0.39, 0.29) is 5.97 Å². The number of esters is 1. The van der Waals surface area contributed by atoms with Gasteiger partial charge in [-0.05, 0) is 13.3 Å². The van der Waals surface area contributed by atoms with Crippen LogP contribution in [-0.4, -0.2) is 37.1 Å². The van der Waals surface area contributed by atoms with E-state index in [4.69, 9.17) is 4.74 Å². The van der Waals surface area contributed by atoms with E-state index in [0.717, 1.165) is 18.5 Å². The van der Waals surface area contributed by atoms with E-state index in [1.165, 1.54) is 0 Å². The van der Waals surface area contributed by atoms with Crippen LogP contribution in [0.15, 0.2) is 24.8 Å². The summed E-state index contributed by atoms with van der Waals surface area (Å²) in [6.45, 7) is 13.6. The Hall–Kier alpha value is -1.09. The Kier molecular flexibility index (Phi) is 7.64. The number of hydrogen-bond acceptors (Lipinski definition) is 3. The summed E-state index contributed by atoms with van der Waals surface area (Å²) in [5.41, 5.74) is 1.11. The van der Waals surface area contributed by atoms with Crippen molar-refractivity contribution in [2.75, 3.05) is 26.2 Å². The average Bonchev–Trinajstić information content (AvgIpc) is 2.18. The minimum Gasteiger partial charge on any atom is -0.465 e. The normalized spacial score (nSPS) is 10.1. The smallest absolute Gasteiger partial charge is 0.320 e. The van der Waals surface area contributed by atoms with Crippen molar-refractivity contribution in [3.05, 3.63) is 24.8 Å². The van der Waals surface area contributed by atoms with Crippen molar-refractivity contribution in [2.45, 2.75) is 20.3 Å². The van der Waals surface area contributed by atoms with Crippen LogP contribution in [0.25, 0.3) is 0 Å². The second kappa shape index (κ2) is 8.24.